The van der Waals surface area contributed by atoms with E-state index in [9.17, 15) is 14.7 Å². The molecule has 4 saturated carbocycles. The van der Waals surface area contributed by atoms with Gasteiger partial charge >= 0.3 is 5.97 Å². The van der Waals surface area contributed by atoms with Crippen molar-refractivity contribution in [3.05, 3.63) is 29.1 Å². The topological polar surface area (TPSA) is 123 Å². The fourth-order valence-electron chi connectivity index (χ4n) is 6.30. The summed E-state index contributed by atoms with van der Waals surface area (Å²) in [5.41, 5.74) is 2.60. The Morgan fingerprint density at radius 3 is 2.62 bits per heavy atom. The van der Waals surface area contributed by atoms with Gasteiger partial charge in [0.25, 0.3) is 0 Å². The summed E-state index contributed by atoms with van der Waals surface area (Å²) in [5.74, 6) is -1.13. The number of nitrogens with one attached hydrogen (secondary N) is 2. The van der Waals surface area contributed by atoms with Crippen LogP contribution < -0.4 is 5.32 Å². The Kier molecular flexibility index (Phi) is 4.13. The van der Waals surface area contributed by atoms with Crippen LogP contribution in [0.25, 0.3) is 6.08 Å². The SMILES string of the molecule is N=C(CC(=O)C(=O)O)c1cnc2c(c1NC1[C@@H]3CC4C[C@H]1CC(O)(C4)C3)C=CC2. The average Bonchev–Trinajstić information content (AvgIpc) is 3.12. The first-order chi connectivity index (χ1) is 13.8. The molecule has 29 heavy (non-hydrogen) atoms. The number of anilines is 1. The number of fused-ring (bicyclic) bond motifs is 1. The van der Waals surface area contributed by atoms with Gasteiger partial charge in [0.05, 0.1) is 29.1 Å². The van der Waals surface area contributed by atoms with Crippen molar-refractivity contribution in [2.24, 2.45) is 17.8 Å². The monoisotopic (exact) mass is 395 g/mol. The number of pyridine rings is 1. The Balaban J connectivity index is 1.47. The van der Waals surface area contributed by atoms with Gasteiger partial charge in [0.1, 0.15) is 0 Å². The largest absolute Gasteiger partial charge is 0.475 e. The first kappa shape index (κ1) is 18.5. The van der Waals surface area contributed by atoms with Crippen LogP contribution in [0.15, 0.2) is 12.3 Å². The van der Waals surface area contributed by atoms with Crippen molar-refractivity contribution >= 4 is 29.2 Å². The molecule has 0 aromatic carbocycles. The second-order valence-electron chi connectivity index (χ2n) is 9.26. The molecule has 7 nitrogen and oxygen atoms in total. The van der Waals surface area contributed by atoms with Gasteiger partial charge in [0.15, 0.2) is 0 Å². The Labute approximate surface area is 168 Å². The van der Waals surface area contributed by atoms with E-state index in [-0.39, 0.29) is 11.8 Å². The standard InChI is InChI=1S/C22H25N3O4/c23-16(6-18(26)21(27)28)15-10-24-17-3-1-2-14(17)20(15)25-19-12-4-11-5-13(19)9-22(29,7-11)8-12/h1-2,10-13,19,23,29H,3-9H2,(H,24,25)(H,27,28)/t11?,12-,13+,19?,22?. The Morgan fingerprint density at radius 1 is 1.24 bits per heavy atom. The van der Waals surface area contributed by atoms with Crippen molar-refractivity contribution in [3.8, 4) is 0 Å². The lowest BCUT2D eigenvalue weighted by atomic mass is 9.52. The number of Topliss-reactive ketones (excluding diaryl/α,β-unsaturated/α-hetero) is 1. The third-order valence-electron chi connectivity index (χ3n) is 7.25. The molecular formula is C22H25N3O4. The molecule has 4 bridgehead atoms. The second kappa shape index (κ2) is 6.49. The molecule has 0 saturated heterocycles. The maximum atomic E-state index is 11.7. The number of aliphatic carboxylic acids is 1. The third-order valence-corrected chi connectivity index (χ3v) is 7.25. The van der Waals surface area contributed by atoms with Crippen molar-refractivity contribution in [1.29, 1.82) is 5.41 Å². The lowest BCUT2D eigenvalue weighted by Gasteiger charge is -2.58. The smallest absolute Gasteiger partial charge is 0.372 e. The number of ketones is 1. The first-order valence-electron chi connectivity index (χ1n) is 10.3. The summed E-state index contributed by atoms with van der Waals surface area (Å²) in [7, 11) is 0. The van der Waals surface area contributed by atoms with Gasteiger partial charge in [0, 0.05) is 29.8 Å². The number of carbonyl (C=O) groups excluding carboxylic acids is 1. The third kappa shape index (κ3) is 3.08. The van der Waals surface area contributed by atoms with Crippen LogP contribution in [0.3, 0.4) is 0 Å². The zero-order valence-corrected chi connectivity index (χ0v) is 16.1. The van der Waals surface area contributed by atoms with E-state index in [0.717, 1.165) is 55.5 Å². The number of nitrogens with zero attached hydrogens (tertiary/aromatic N) is 1. The average molecular weight is 395 g/mol. The van der Waals surface area contributed by atoms with E-state index in [4.69, 9.17) is 10.5 Å². The molecule has 0 spiro atoms. The quantitative estimate of drug-likeness (QED) is 0.433. The maximum absolute atomic E-state index is 11.7. The molecule has 5 aliphatic carbocycles. The molecule has 0 amide bonds. The Bertz CT molecular complexity index is 938. The molecule has 0 aliphatic heterocycles. The highest BCUT2D eigenvalue weighted by Gasteiger charge is 2.54. The molecule has 4 N–H and O–H groups in total. The molecular weight excluding hydrogens is 370 g/mol. The van der Waals surface area contributed by atoms with Crippen LogP contribution in [0.1, 0.15) is 55.3 Å². The van der Waals surface area contributed by atoms with E-state index in [2.05, 4.69) is 10.3 Å². The van der Waals surface area contributed by atoms with Gasteiger partial charge in [-0.15, -0.1) is 0 Å². The highest BCUT2D eigenvalue weighted by atomic mass is 16.4. The zero-order chi connectivity index (χ0) is 20.3. The predicted molar refractivity (Wildman–Crippen MR) is 107 cm³/mol. The Hall–Kier alpha value is -2.54. The number of carboxylic acids is 1. The van der Waals surface area contributed by atoms with E-state index >= 15 is 0 Å². The first-order valence-corrected chi connectivity index (χ1v) is 10.3. The summed E-state index contributed by atoms with van der Waals surface area (Å²) in [5, 5.41) is 31.8. The Morgan fingerprint density at radius 2 is 1.97 bits per heavy atom. The van der Waals surface area contributed by atoms with E-state index in [1.807, 2.05) is 12.2 Å². The number of aliphatic hydroxyl groups is 1. The number of aromatic nitrogens is 1. The molecule has 152 valence electrons. The molecule has 5 aliphatic rings. The van der Waals surface area contributed by atoms with Crippen LogP contribution in [-0.4, -0.2) is 44.3 Å². The molecule has 4 fully saturated rings. The van der Waals surface area contributed by atoms with Gasteiger partial charge in [-0.25, -0.2) is 4.79 Å². The van der Waals surface area contributed by atoms with E-state index in [0.29, 0.717) is 23.3 Å². The minimum Gasteiger partial charge on any atom is -0.475 e. The van der Waals surface area contributed by atoms with E-state index in [1.54, 1.807) is 6.20 Å². The van der Waals surface area contributed by atoms with Gasteiger partial charge < -0.3 is 20.9 Å². The maximum Gasteiger partial charge on any atom is 0.372 e. The minimum absolute atomic E-state index is 0.0297. The summed E-state index contributed by atoms with van der Waals surface area (Å²) >= 11 is 0. The van der Waals surface area contributed by atoms with Gasteiger partial charge in [-0.1, -0.05) is 12.2 Å². The van der Waals surface area contributed by atoms with Gasteiger partial charge in [-0.3, -0.25) is 9.78 Å². The molecule has 7 heteroatoms. The number of rotatable bonds is 6. The summed E-state index contributed by atoms with van der Waals surface area (Å²) < 4.78 is 0. The highest BCUT2D eigenvalue weighted by Crippen LogP contribution is 2.56. The van der Waals surface area contributed by atoms with Crippen molar-refractivity contribution in [2.75, 3.05) is 5.32 Å². The van der Waals surface area contributed by atoms with E-state index < -0.39 is 23.8 Å². The van der Waals surface area contributed by atoms with Crippen LogP contribution in [-0.2, 0) is 16.0 Å². The molecule has 6 rings (SSSR count). The van der Waals surface area contributed by atoms with Crippen LogP contribution in [0.5, 0.6) is 0 Å². The van der Waals surface area contributed by atoms with Crippen molar-refractivity contribution in [3.63, 3.8) is 0 Å². The molecule has 1 heterocycles. The zero-order valence-electron chi connectivity index (χ0n) is 16.1. The lowest BCUT2D eigenvalue weighted by molar-refractivity contribution is -0.148. The highest BCUT2D eigenvalue weighted by molar-refractivity contribution is 6.37. The van der Waals surface area contributed by atoms with Crippen molar-refractivity contribution in [2.45, 2.75) is 56.6 Å². The fraction of sp³-hybridized carbons (Fsp3) is 0.545. The number of carbonyl (C=O) groups is 2. The summed E-state index contributed by atoms with van der Waals surface area (Å²) in [6.07, 6.45) is 10.7. The number of allylic oxidation sites excluding steroid dienone is 1. The van der Waals surface area contributed by atoms with Crippen LogP contribution in [0.4, 0.5) is 5.69 Å². The fourth-order valence-corrected chi connectivity index (χ4v) is 6.30. The number of carboxylic acid groups (broad SMARTS) is 1. The molecule has 5 atom stereocenters. The number of hydrogen-bond donors (Lipinski definition) is 4. The molecule has 3 unspecified atom stereocenters. The van der Waals surface area contributed by atoms with Gasteiger partial charge in [-0.2, -0.15) is 0 Å². The van der Waals surface area contributed by atoms with Crippen molar-refractivity contribution < 1.29 is 19.8 Å². The number of hydrogen-bond acceptors (Lipinski definition) is 6. The van der Waals surface area contributed by atoms with Gasteiger partial charge in [0.2, 0.25) is 5.78 Å². The van der Waals surface area contributed by atoms with Crippen molar-refractivity contribution in [1.82, 2.24) is 4.98 Å². The lowest BCUT2D eigenvalue weighted by Crippen LogP contribution is -2.59. The molecule has 1 aromatic rings. The minimum atomic E-state index is -1.52. The summed E-state index contributed by atoms with van der Waals surface area (Å²) in [6.45, 7) is 0. The summed E-state index contributed by atoms with van der Waals surface area (Å²) in [6, 6.07) is 0.217. The van der Waals surface area contributed by atoms with Crippen LogP contribution in [0, 0.1) is 23.2 Å². The molecule has 0 radical (unpaired) electrons. The van der Waals surface area contributed by atoms with Crippen LogP contribution in [0.2, 0.25) is 0 Å². The molecule has 1 aromatic heterocycles. The summed E-state index contributed by atoms with van der Waals surface area (Å²) in [4.78, 5) is 27.1. The van der Waals surface area contributed by atoms with Crippen LogP contribution >= 0.6 is 0 Å². The normalized spacial score (nSPS) is 33.6. The second-order valence-corrected chi connectivity index (χ2v) is 9.26. The predicted octanol–water partition coefficient (Wildman–Crippen LogP) is 2.41. The van der Waals surface area contributed by atoms with Gasteiger partial charge in [-0.05, 0) is 49.9 Å². The van der Waals surface area contributed by atoms with E-state index in [1.165, 1.54) is 0 Å².